The third kappa shape index (κ3) is 4.23. The van der Waals surface area contributed by atoms with Crippen LogP contribution < -0.4 is 0 Å². The Kier molecular flexibility index (Phi) is 5.99. The van der Waals surface area contributed by atoms with Gasteiger partial charge in [0.1, 0.15) is 22.6 Å². The van der Waals surface area contributed by atoms with Gasteiger partial charge in [-0.3, -0.25) is 10.1 Å². The molecule has 0 saturated carbocycles. The summed E-state index contributed by atoms with van der Waals surface area (Å²) in [5.41, 5.74) is 1.39. The van der Waals surface area contributed by atoms with Gasteiger partial charge in [0.2, 0.25) is 0 Å². The lowest BCUT2D eigenvalue weighted by molar-refractivity contribution is -0.385. The summed E-state index contributed by atoms with van der Waals surface area (Å²) in [5, 5.41) is 23.2. The van der Waals surface area contributed by atoms with E-state index in [4.69, 9.17) is 13.7 Å². The van der Waals surface area contributed by atoms with E-state index >= 15 is 0 Å². The lowest BCUT2D eigenvalue weighted by Crippen LogP contribution is -2.08. The van der Waals surface area contributed by atoms with Crippen LogP contribution >= 0.6 is 11.8 Å². The van der Waals surface area contributed by atoms with E-state index in [1.165, 1.54) is 23.9 Å². The molecule has 0 aliphatic heterocycles. The first-order chi connectivity index (χ1) is 15.5. The first-order valence-corrected chi connectivity index (χ1v) is 10.5. The van der Waals surface area contributed by atoms with Gasteiger partial charge in [-0.05, 0) is 25.3 Å². The van der Waals surface area contributed by atoms with Crippen LogP contribution in [0.3, 0.4) is 0 Å². The molecule has 0 bridgehead atoms. The molecular formula is C21H16N4O6S. The first kappa shape index (κ1) is 21.2. The van der Waals surface area contributed by atoms with E-state index in [-0.39, 0.29) is 29.6 Å². The highest BCUT2D eigenvalue weighted by molar-refractivity contribution is 7.98. The molecule has 10 nitrogen and oxygen atoms in total. The van der Waals surface area contributed by atoms with Crippen molar-refractivity contribution in [2.75, 3.05) is 6.26 Å². The van der Waals surface area contributed by atoms with E-state index in [1.54, 1.807) is 19.2 Å². The van der Waals surface area contributed by atoms with Crippen molar-refractivity contribution in [1.82, 2.24) is 15.4 Å². The molecule has 2 aromatic heterocycles. The minimum absolute atomic E-state index is 0.0247. The molecule has 11 heteroatoms. The summed E-state index contributed by atoms with van der Waals surface area (Å²) < 4.78 is 16.1. The Hall–Kier alpha value is -3.99. The van der Waals surface area contributed by atoms with Crippen LogP contribution in [0.25, 0.3) is 22.7 Å². The fourth-order valence-electron chi connectivity index (χ4n) is 3.00. The minimum Gasteiger partial charge on any atom is -0.452 e. The Bertz CT molecular complexity index is 1280. The third-order valence-electron chi connectivity index (χ3n) is 4.54. The number of rotatable bonds is 7. The van der Waals surface area contributed by atoms with Crippen LogP contribution in [0.1, 0.15) is 22.0 Å². The van der Waals surface area contributed by atoms with Crippen LogP contribution in [0.4, 0.5) is 5.69 Å². The SMILES string of the molecule is CSc1ccc([N+](=O)[O-])c(C(=O)OCc2nnc(-c3c(-c4ccccc4)noc3C)o2)c1. The van der Waals surface area contributed by atoms with Crippen molar-refractivity contribution >= 4 is 23.4 Å². The number of thioether (sulfide) groups is 1. The second-order valence-electron chi connectivity index (χ2n) is 6.55. The maximum absolute atomic E-state index is 12.5. The van der Waals surface area contributed by atoms with Crippen LogP contribution in [0.5, 0.6) is 0 Å². The van der Waals surface area contributed by atoms with Crippen molar-refractivity contribution in [1.29, 1.82) is 0 Å². The molecule has 32 heavy (non-hydrogen) atoms. The van der Waals surface area contributed by atoms with Crippen LogP contribution in [-0.2, 0) is 11.3 Å². The van der Waals surface area contributed by atoms with Gasteiger partial charge in [0.15, 0.2) is 6.61 Å². The summed E-state index contributed by atoms with van der Waals surface area (Å²) in [6.07, 6.45) is 1.80. The Morgan fingerprint density at radius 3 is 2.69 bits per heavy atom. The summed E-state index contributed by atoms with van der Waals surface area (Å²) in [6.45, 7) is 1.37. The monoisotopic (exact) mass is 452 g/mol. The molecule has 0 fully saturated rings. The number of ether oxygens (including phenoxy) is 1. The Morgan fingerprint density at radius 2 is 1.97 bits per heavy atom. The number of carbonyl (C=O) groups is 1. The van der Waals surface area contributed by atoms with E-state index in [9.17, 15) is 14.9 Å². The van der Waals surface area contributed by atoms with Crippen molar-refractivity contribution in [3.8, 4) is 22.7 Å². The normalized spacial score (nSPS) is 10.8. The van der Waals surface area contributed by atoms with Gasteiger partial charge >= 0.3 is 5.97 Å². The maximum atomic E-state index is 12.5. The molecule has 4 aromatic rings. The maximum Gasteiger partial charge on any atom is 0.345 e. The fraction of sp³-hybridized carbons (Fsp3) is 0.143. The zero-order chi connectivity index (χ0) is 22.7. The summed E-state index contributed by atoms with van der Waals surface area (Å²) in [7, 11) is 0. The van der Waals surface area contributed by atoms with Crippen molar-refractivity contribution in [3.05, 3.63) is 75.9 Å². The van der Waals surface area contributed by atoms with Crippen LogP contribution in [0.2, 0.25) is 0 Å². The second kappa shape index (κ2) is 9.02. The number of esters is 1. The number of nitro benzene ring substituents is 1. The quantitative estimate of drug-likeness (QED) is 0.168. The highest BCUT2D eigenvalue weighted by Gasteiger charge is 2.24. The Morgan fingerprint density at radius 1 is 1.19 bits per heavy atom. The highest BCUT2D eigenvalue weighted by atomic mass is 32.2. The van der Waals surface area contributed by atoms with Gasteiger partial charge < -0.3 is 13.7 Å². The molecule has 0 saturated heterocycles. The number of hydrogen-bond acceptors (Lipinski definition) is 10. The zero-order valence-corrected chi connectivity index (χ0v) is 17.8. The summed E-state index contributed by atoms with van der Waals surface area (Å²) in [4.78, 5) is 23.8. The number of aryl methyl sites for hydroxylation is 1. The van der Waals surface area contributed by atoms with E-state index in [0.29, 0.717) is 21.9 Å². The Balaban J connectivity index is 1.54. The fourth-order valence-corrected chi connectivity index (χ4v) is 3.44. The molecule has 0 spiro atoms. The summed E-state index contributed by atoms with van der Waals surface area (Å²) in [6, 6.07) is 13.6. The van der Waals surface area contributed by atoms with Crippen molar-refractivity contribution < 1.29 is 23.4 Å². The number of benzene rings is 2. The van der Waals surface area contributed by atoms with Crippen LogP contribution in [0, 0.1) is 17.0 Å². The van der Waals surface area contributed by atoms with Crippen molar-refractivity contribution in [2.24, 2.45) is 0 Å². The molecule has 0 aliphatic rings. The number of aromatic nitrogens is 3. The van der Waals surface area contributed by atoms with Gasteiger partial charge in [-0.15, -0.1) is 22.0 Å². The first-order valence-electron chi connectivity index (χ1n) is 9.32. The van der Waals surface area contributed by atoms with Crippen molar-refractivity contribution in [3.63, 3.8) is 0 Å². The van der Waals surface area contributed by atoms with Gasteiger partial charge in [-0.25, -0.2) is 4.79 Å². The average Bonchev–Trinajstić information content (AvgIpc) is 3.43. The molecule has 4 rings (SSSR count). The largest absolute Gasteiger partial charge is 0.452 e. The lowest BCUT2D eigenvalue weighted by atomic mass is 10.1. The molecule has 0 unspecified atom stereocenters. The smallest absolute Gasteiger partial charge is 0.345 e. The van der Waals surface area contributed by atoms with Crippen LogP contribution in [0.15, 0.2) is 62.4 Å². The van der Waals surface area contributed by atoms with E-state index in [2.05, 4.69) is 15.4 Å². The number of carbonyl (C=O) groups excluding carboxylic acids is 1. The Labute approximate surface area is 185 Å². The van der Waals surface area contributed by atoms with Crippen molar-refractivity contribution in [2.45, 2.75) is 18.4 Å². The molecule has 0 radical (unpaired) electrons. The van der Waals surface area contributed by atoms with Gasteiger partial charge in [-0.2, -0.15) is 0 Å². The molecule has 0 amide bonds. The standard InChI is InChI=1S/C21H16N4O6S/c1-12-18(19(24-31-12)13-6-4-3-5-7-13)20-23-22-17(30-20)11-29-21(26)15-10-14(32-2)8-9-16(15)25(27)28/h3-10H,11H2,1-2H3. The molecule has 0 atom stereocenters. The molecule has 162 valence electrons. The van der Waals surface area contributed by atoms with E-state index < -0.39 is 10.9 Å². The molecule has 0 N–H and O–H groups in total. The average molecular weight is 452 g/mol. The molecular weight excluding hydrogens is 436 g/mol. The van der Waals surface area contributed by atoms with Gasteiger partial charge in [0.05, 0.1) is 4.92 Å². The summed E-state index contributed by atoms with van der Waals surface area (Å²) >= 11 is 1.35. The number of hydrogen-bond donors (Lipinski definition) is 0. The van der Waals surface area contributed by atoms with Gasteiger partial charge in [0, 0.05) is 16.5 Å². The van der Waals surface area contributed by atoms with E-state index in [0.717, 1.165) is 5.56 Å². The highest BCUT2D eigenvalue weighted by Crippen LogP contribution is 2.33. The topological polar surface area (TPSA) is 134 Å². The lowest BCUT2D eigenvalue weighted by Gasteiger charge is -2.05. The molecule has 0 aliphatic carbocycles. The van der Waals surface area contributed by atoms with E-state index in [1.807, 2.05) is 30.3 Å². The van der Waals surface area contributed by atoms with Gasteiger partial charge in [0.25, 0.3) is 17.5 Å². The van der Waals surface area contributed by atoms with Gasteiger partial charge in [-0.1, -0.05) is 35.5 Å². The number of nitrogens with zero attached hydrogens (tertiary/aromatic N) is 4. The summed E-state index contributed by atoms with van der Waals surface area (Å²) in [5.74, 6) is -0.195. The molecule has 2 aromatic carbocycles. The minimum atomic E-state index is -0.863. The third-order valence-corrected chi connectivity index (χ3v) is 5.26. The predicted octanol–water partition coefficient (Wildman–Crippen LogP) is 4.69. The molecule has 2 heterocycles. The number of nitro groups is 1. The second-order valence-corrected chi connectivity index (χ2v) is 7.43. The predicted molar refractivity (Wildman–Crippen MR) is 114 cm³/mol. The van der Waals surface area contributed by atoms with Crippen LogP contribution in [-0.4, -0.2) is 32.5 Å². The zero-order valence-electron chi connectivity index (χ0n) is 17.0.